The van der Waals surface area contributed by atoms with Crippen LogP contribution in [0.5, 0.6) is 5.75 Å². The number of thiazole rings is 1. The van der Waals surface area contributed by atoms with E-state index in [4.69, 9.17) is 18.9 Å². The van der Waals surface area contributed by atoms with Gasteiger partial charge in [0.05, 0.1) is 35.6 Å². The van der Waals surface area contributed by atoms with Gasteiger partial charge in [0.15, 0.2) is 15.1 Å². The van der Waals surface area contributed by atoms with Gasteiger partial charge in [0.25, 0.3) is 5.56 Å². The number of hydrogen-bond acceptors (Lipinski definition) is 10. The zero-order chi connectivity index (χ0) is 27.4. The van der Waals surface area contributed by atoms with Crippen LogP contribution in [0.2, 0.25) is 0 Å². The minimum Gasteiger partial charge on any atom is -0.497 e. The van der Waals surface area contributed by atoms with E-state index in [2.05, 4.69) is 9.97 Å². The van der Waals surface area contributed by atoms with Crippen LogP contribution in [0, 0.1) is 0 Å². The standard InChI is InChI=1S/C28H26N4O5S2/c1-4-8-20-23(26(34)36-5-2)24(17-9-6-10-18(15-17)35-3)32-25(33)21(38-28(32)31-20)16-19-11-12-22(37-19)39-27-29-13-7-14-30-27/h6-7,9-16,24H,4-5,8H2,1-3H3/b21-16+/t24-/m1/s1. The van der Waals surface area contributed by atoms with Gasteiger partial charge in [-0.05, 0) is 61.0 Å². The first-order valence-corrected chi connectivity index (χ1v) is 14.1. The number of nitrogens with zero attached hydrogens (tertiary/aromatic N) is 4. The number of furan rings is 1. The lowest BCUT2D eigenvalue weighted by Crippen LogP contribution is -2.40. The minimum absolute atomic E-state index is 0.212. The second-order valence-electron chi connectivity index (χ2n) is 8.48. The van der Waals surface area contributed by atoms with Crippen LogP contribution in [-0.4, -0.2) is 34.2 Å². The van der Waals surface area contributed by atoms with Crippen LogP contribution in [0.15, 0.2) is 90.6 Å². The highest BCUT2D eigenvalue weighted by molar-refractivity contribution is 7.99. The van der Waals surface area contributed by atoms with Crippen molar-refractivity contribution in [3.63, 3.8) is 0 Å². The van der Waals surface area contributed by atoms with E-state index in [1.807, 2.05) is 31.2 Å². The van der Waals surface area contributed by atoms with Crippen molar-refractivity contribution in [3.8, 4) is 5.75 Å². The Hall–Kier alpha value is -3.96. The smallest absolute Gasteiger partial charge is 0.338 e. The molecule has 0 bridgehead atoms. The molecule has 4 aromatic rings. The van der Waals surface area contributed by atoms with Crippen LogP contribution in [0.25, 0.3) is 6.08 Å². The maximum absolute atomic E-state index is 13.9. The van der Waals surface area contributed by atoms with E-state index in [9.17, 15) is 9.59 Å². The van der Waals surface area contributed by atoms with Gasteiger partial charge in [-0.15, -0.1) is 0 Å². The van der Waals surface area contributed by atoms with Gasteiger partial charge in [0.1, 0.15) is 11.5 Å². The molecule has 0 spiro atoms. The first-order valence-electron chi connectivity index (χ1n) is 12.4. The predicted molar refractivity (Wildman–Crippen MR) is 147 cm³/mol. The number of allylic oxidation sites excluding steroid dienone is 1. The van der Waals surface area contributed by atoms with Gasteiger partial charge >= 0.3 is 5.97 Å². The molecule has 3 aromatic heterocycles. The van der Waals surface area contributed by atoms with Gasteiger partial charge in [-0.2, -0.15) is 0 Å². The number of hydrogen-bond donors (Lipinski definition) is 0. The lowest BCUT2D eigenvalue weighted by molar-refractivity contribution is -0.139. The number of aromatic nitrogens is 3. The first kappa shape index (κ1) is 26.6. The Bertz CT molecular complexity index is 1710. The fraction of sp³-hybridized carbons (Fsp3) is 0.250. The Labute approximate surface area is 232 Å². The Morgan fingerprint density at radius 3 is 2.74 bits per heavy atom. The van der Waals surface area contributed by atoms with E-state index in [0.717, 1.165) is 12.0 Å². The lowest BCUT2D eigenvalue weighted by Gasteiger charge is -2.26. The molecule has 1 aliphatic rings. The zero-order valence-electron chi connectivity index (χ0n) is 21.6. The predicted octanol–water partition coefficient (Wildman–Crippen LogP) is 4.12. The van der Waals surface area contributed by atoms with Crippen molar-refractivity contribution in [2.75, 3.05) is 13.7 Å². The Balaban J connectivity index is 1.63. The van der Waals surface area contributed by atoms with Crippen LogP contribution >= 0.6 is 23.1 Å². The normalized spacial score (nSPS) is 15.2. The van der Waals surface area contributed by atoms with Gasteiger partial charge in [0, 0.05) is 18.5 Å². The van der Waals surface area contributed by atoms with Crippen molar-refractivity contribution in [1.29, 1.82) is 0 Å². The monoisotopic (exact) mass is 562 g/mol. The average molecular weight is 563 g/mol. The summed E-state index contributed by atoms with van der Waals surface area (Å²) in [5.74, 6) is 0.646. The fourth-order valence-corrected chi connectivity index (χ4v) is 5.95. The van der Waals surface area contributed by atoms with Crippen molar-refractivity contribution in [2.24, 2.45) is 4.99 Å². The molecule has 200 valence electrons. The summed E-state index contributed by atoms with van der Waals surface area (Å²) in [5.41, 5.74) is 1.44. The summed E-state index contributed by atoms with van der Waals surface area (Å²) >= 11 is 2.54. The fourth-order valence-electron chi connectivity index (χ4n) is 4.27. The van der Waals surface area contributed by atoms with E-state index in [-0.39, 0.29) is 12.2 Å². The lowest BCUT2D eigenvalue weighted by atomic mass is 9.94. The Morgan fingerprint density at radius 2 is 2.00 bits per heavy atom. The SMILES string of the molecule is CCCC1=C(C(=O)OCC)[C@@H](c2cccc(OC)c2)n2c(s/c(=C/c3ccc(Sc4ncccn4)o3)c2=O)=N1. The third-order valence-corrected chi connectivity index (χ3v) is 7.71. The Morgan fingerprint density at radius 1 is 1.18 bits per heavy atom. The largest absolute Gasteiger partial charge is 0.497 e. The topological polar surface area (TPSA) is 109 Å². The van der Waals surface area contributed by atoms with Crippen LogP contribution < -0.4 is 19.6 Å². The number of carbonyl (C=O) groups excluding carboxylic acids is 1. The van der Waals surface area contributed by atoms with Crippen LogP contribution in [-0.2, 0) is 9.53 Å². The molecule has 9 nitrogen and oxygen atoms in total. The summed E-state index contributed by atoms with van der Waals surface area (Å²) in [5, 5.41) is 1.16. The molecule has 5 rings (SSSR count). The van der Waals surface area contributed by atoms with Crippen molar-refractivity contribution in [2.45, 2.75) is 43.0 Å². The van der Waals surface area contributed by atoms with E-state index in [1.54, 1.807) is 55.3 Å². The zero-order valence-corrected chi connectivity index (χ0v) is 23.3. The number of benzene rings is 1. The molecule has 0 amide bonds. The van der Waals surface area contributed by atoms with Crippen molar-refractivity contribution >= 4 is 35.1 Å². The van der Waals surface area contributed by atoms with Gasteiger partial charge in [0.2, 0.25) is 0 Å². The summed E-state index contributed by atoms with van der Waals surface area (Å²) in [6, 6.07) is 12.0. The maximum Gasteiger partial charge on any atom is 0.338 e. The number of fused-ring (bicyclic) bond motifs is 1. The quantitative estimate of drug-likeness (QED) is 0.221. The van der Waals surface area contributed by atoms with Crippen molar-refractivity contribution in [3.05, 3.63) is 97.1 Å². The van der Waals surface area contributed by atoms with Gasteiger partial charge in [-0.3, -0.25) is 9.36 Å². The summed E-state index contributed by atoms with van der Waals surface area (Å²) in [4.78, 5) is 40.8. The number of esters is 1. The van der Waals surface area contributed by atoms with Crippen molar-refractivity contribution < 1.29 is 18.7 Å². The first-order chi connectivity index (χ1) is 19.0. The molecule has 0 unspecified atom stereocenters. The molecule has 0 radical (unpaired) electrons. The second-order valence-corrected chi connectivity index (χ2v) is 10.5. The molecule has 0 fully saturated rings. The van der Waals surface area contributed by atoms with E-state index in [1.165, 1.54) is 23.1 Å². The van der Waals surface area contributed by atoms with Crippen molar-refractivity contribution in [1.82, 2.24) is 14.5 Å². The number of ether oxygens (including phenoxy) is 2. The van der Waals surface area contributed by atoms with E-state index < -0.39 is 12.0 Å². The molecule has 0 saturated heterocycles. The van der Waals surface area contributed by atoms with Gasteiger partial charge < -0.3 is 13.9 Å². The highest BCUT2D eigenvalue weighted by Gasteiger charge is 2.34. The number of rotatable bonds is 9. The van der Waals surface area contributed by atoms with Crippen LogP contribution in [0.4, 0.5) is 0 Å². The van der Waals surface area contributed by atoms with E-state index >= 15 is 0 Å². The molecule has 39 heavy (non-hydrogen) atoms. The molecule has 1 atom stereocenters. The average Bonchev–Trinajstić information content (AvgIpc) is 3.52. The summed E-state index contributed by atoms with van der Waals surface area (Å²) < 4.78 is 18.8. The van der Waals surface area contributed by atoms with E-state index in [0.29, 0.717) is 48.8 Å². The summed E-state index contributed by atoms with van der Waals surface area (Å²) in [6.07, 6.45) is 6.36. The molecular weight excluding hydrogens is 536 g/mol. The second kappa shape index (κ2) is 11.8. The van der Waals surface area contributed by atoms with Crippen LogP contribution in [0.3, 0.4) is 0 Å². The summed E-state index contributed by atoms with van der Waals surface area (Å²) in [7, 11) is 1.58. The highest BCUT2D eigenvalue weighted by Crippen LogP contribution is 2.34. The number of methoxy groups -OCH3 is 1. The molecule has 11 heteroatoms. The number of carbonyl (C=O) groups is 1. The molecule has 0 N–H and O–H groups in total. The minimum atomic E-state index is -0.711. The van der Waals surface area contributed by atoms with Gasteiger partial charge in [-0.25, -0.2) is 19.8 Å². The highest BCUT2D eigenvalue weighted by atomic mass is 32.2. The molecule has 0 aliphatic carbocycles. The molecule has 1 aliphatic heterocycles. The molecule has 1 aromatic carbocycles. The molecular formula is C28H26N4O5S2. The van der Waals surface area contributed by atoms with Crippen LogP contribution in [0.1, 0.15) is 44.1 Å². The Kier molecular flexibility index (Phi) is 8.08. The molecule has 0 saturated carbocycles. The molecule has 4 heterocycles. The summed E-state index contributed by atoms with van der Waals surface area (Å²) in [6.45, 7) is 3.99. The third kappa shape index (κ3) is 5.59. The maximum atomic E-state index is 13.9. The van der Waals surface area contributed by atoms with Gasteiger partial charge in [-0.1, -0.05) is 36.8 Å². The third-order valence-electron chi connectivity index (χ3n) is 5.91.